The highest BCUT2D eigenvalue weighted by Gasteiger charge is 2.44. The zero-order valence-electron chi connectivity index (χ0n) is 16.3. The van der Waals surface area contributed by atoms with Gasteiger partial charge in [0.25, 0.3) is 0 Å². The number of aryl methyl sites for hydroxylation is 1. The van der Waals surface area contributed by atoms with Crippen molar-refractivity contribution in [2.24, 2.45) is 0 Å². The van der Waals surface area contributed by atoms with Crippen molar-refractivity contribution in [3.63, 3.8) is 0 Å². The van der Waals surface area contributed by atoms with Crippen LogP contribution in [0.15, 0.2) is 48.5 Å². The Balaban J connectivity index is 1.63. The molecule has 0 N–H and O–H groups in total. The topological polar surface area (TPSA) is 57.7 Å². The van der Waals surface area contributed by atoms with E-state index in [2.05, 4.69) is 6.07 Å². The minimum Gasteiger partial charge on any atom is -0.493 e. The summed E-state index contributed by atoms with van der Waals surface area (Å²) in [6, 6.07) is 16.1. The van der Waals surface area contributed by atoms with Crippen LogP contribution in [0.2, 0.25) is 0 Å². The summed E-state index contributed by atoms with van der Waals surface area (Å²) in [5, 5.41) is 0.852. The molecule has 0 amide bonds. The molecule has 0 radical (unpaired) electrons. The predicted octanol–water partition coefficient (Wildman–Crippen LogP) is 5.15. The molecule has 29 heavy (non-hydrogen) atoms. The van der Waals surface area contributed by atoms with Crippen LogP contribution in [0.3, 0.4) is 0 Å². The number of aromatic nitrogens is 1. The Morgan fingerprint density at radius 1 is 1.10 bits per heavy atom. The van der Waals surface area contributed by atoms with Crippen molar-refractivity contribution in [2.75, 3.05) is 6.61 Å². The minimum absolute atomic E-state index is 0.374. The second-order valence-corrected chi connectivity index (χ2v) is 8.72. The van der Waals surface area contributed by atoms with Crippen molar-refractivity contribution in [3.05, 3.63) is 59.0 Å². The Hall–Kier alpha value is -2.70. The molecule has 2 aliphatic heterocycles. The number of esters is 1. The molecule has 1 fully saturated rings. The minimum atomic E-state index is -0.945. The van der Waals surface area contributed by atoms with Crippen molar-refractivity contribution in [3.8, 4) is 27.6 Å². The van der Waals surface area contributed by atoms with Crippen LogP contribution in [0.25, 0.3) is 21.8 Å². The number of benzene rings is 2. The third-order valence-corrected chi connectivity index (χ3v) is 6.20. The van der Waals surface area contributed by atoms with Gasteiger partial charge >= 0.3 is 5.97 Å². The normalized spacial score (nSPS) is 20.1. The van der Waals surface area contributed by atoms with Crippen LogP contribution >= 0.6 is 11.3 Å². The van der Waals surface area contributed by atoms with Gasteiger partial charge in [-0.15, -0.1) is 11.3 Å². The summed E-state index contributed by atoms with van der Waals surface area (Å²) >= 11 is 1.48. The van der Waals surface area contributed by atoms with Gasteiger partial charge in [-0.3, -0.25) is 0 Å². The van der Waals surface area contributed by atoms with Crippen LogP contribution in [-0.4, -0.2) is 23.3 Å². The molecule has 3 heterocycles. The molecular weight excluding hydrogens is 386 g/mol. The Morgan fingerprint density at radius 2 is 1.93 bits per heavy atom. The first kappa shape index (κ1) is 18.3. The summed E-state index contributed by atoms with van der Waals surface area (Å²) in [6.45, 7) is 4.25. The largest absolute Gasteiger partial charge is 0.493 e. The van der Waals surface area contributed by atoms with Gasteiger partial charge in [-0.05, 0) is 36.6 Å². The zero-order valence-corrected chi connectivity index (χ0v) is 17.1. The van der Waals surface area contributed by atoms with Crippen molar-refractivity contribution < 1.29 is 19.0 Å². The van der Waals surface area contributed by atoms with Crippen molar-refractivity contribution in [1.29, 1.82) is 0 Å². The first-order valence-corrected chi connectivity index (χ1v) is 10.5. The number of hydrogen-bond donors (Lipinski definition) is 0. The van der Waals surface area contributed by atoms with Gasteiger partial charge in [-0.25, -0.2) is 9.78 Å². The fourth-order valence-electron chi connectivity index (χ4n) is 3.74. The van der Waals surface area contributed by atoms with Crippen molar-refractivity contribution in [1.82, 2.24) is 4.98 Å². The Morgan fingerprint density at radius 3 is 2.69 bits per heavy atom. The second kappa shape index (κ2) is 6.97. The van der Waals surface area contributed by atoms with Crippen molar-refractivity contribution >= 4 is 17.3 Å². The molecule has 0 bridgehead atoms. The summed E-state index contributed by atoms with van der Waals surface area (Å²) in [6.07, 6.45) is 1.20. The molecule has 5 nitrogen and oxygen atoms in total. The molecular formula is C23H21NO4S. The highest BCUT2D eigenvalue weighted by atomic mass is 32.1. The summed E-state index contributed by atoms with van der Waals surface area (Å²) in [4.78, 5) is 18.3. The molecule has 6 heteroatoms. The maximum absolute atomic E-state index is 12.6. The summed E-state index contributed by atoms with van der Waals surface area (Å²) in [5.41, 5.74) is 3.91. The number of ether oxygens (including phenoxy) is 3. The van der Waals surface area contributed by atoms with Gasteiger partial charge in [0.1, 0.15) is 10.8 Å². The lowest BCUT2D eigenvalue weighted by Crippen LogP contribution is -2.20. The smallest absolute Gasteiger partial charge is 0.343 e. The fourth-order valence-corrected chi connectivity index (χ4v) is 4.85. The number of thiazole rings is 1. The Labute approximate surface area is 173 Å². The number of rotatable bonds is 3. The number of carbonyl (C=O) groups is 1. The van der Waals surface area contributed by atoms with E-state index in [4.69, 9.17) is 19.2 Å². The Bertz CT molecular complexity index is 1070. The molecule has 1 aromatic heterocycles. The first-order chi connectivity index (χ1) is 14.0. The number of hydrogen-bond acceptors (Lipinski definition) is 6. The molecule has 148 valence electrons. The summed E-state index contributed by atoms with van der Waals surface area (Å²) in [5.74, 6) is -0.391. The van der Waals surface area contributed by atoms with E-state index in [1.807, 2.05) is 42.5 Å². The van der Waals surface area contributed by atoms with Crippen LogP contribution in [0.1, 0.15) is 36.8 Å². The quantitative estimate of drug-likeness (QED) is 0.562. The van der Waals surface area contributed by atoms with E-state index in [0.717, 1.165) is 51.9 Å². The molecule has 2 aliphatic rings. The lowest BCUT2D eigenvalue weighted by atomic mass is 10.0. The molecule has 5 rings (SSSR count). The van der Waals surface area contributed by atoms with E-state index >= 15 is 0 Å². The maximum Gasteiger partial charge on any atom is 0.343 e. The lowest BCUT2D eigenvalue weighted by molar-refractivity contribution is -0.160. The van der Waals surface area contributed by atoms with E-state index in [-0.39, 0.29) is 5.97 Å². The average Bonchev–Trinajstić information content (AvgIpc) is 3.28. The van der Waals surface area contributed by atoms with Gasteiger partial charge in [-0.1, -0.05) is 30.3 Å². The molecule has 0 aliphatic carbocycles. The molecule has 3 aromatic rings. The van der Waals surface area contributed by atoms with Crippen LogP contribution < -0.4 is 4.74 Å². The van der Waals surface area contributed by atoms with Crippen LogP contribution in [0.4, 0.5) is 0 Å². The van der Waals surface area contributed by atoms with E-state index in [1.54, 1.807) is 13.8 Å². The molecule has 2 aromatic carbocycles. The van der Waals surface area contributed by atoms with E-state index in [9.17, 15) is 4.79 Å². The SMILES string of the molecule is CC1(C)OC(=O)C(c2sc(-c3ccccc3)nc2-c2ccc3c(c2)CCCO3)O1. The third-order valence-electron chi connectivity index (χ3n) is 5.06. The monoisotopic (exact) mass is 407 g/mol. The van der Waals surface area contributed by atoms with Gasteiger partial charge in [0.15, 0.2) is 6.10 Å². The van der Waals surface area contributed by atoms with Gasteiger partial charge < -0.3 is 14.2 Å². The molecule has 0 spiro atoms. The van der Waals surface area contributed by atoms with Crippen LogP contribution in [0.5, 0.6) is 5.75 Å². The van der Waals surface area contributed by atoms with Gasteiger partial charge in [0.05, 0.1) is 17.2 Å². The predicted molar refractivity (Wildman–Crippen MR) is 111 cm³/mol. The third kappa shape index (κ3) is 3.43. The van der Waals surface area contributed by atoms with Gasteiger partial charge in [0.2, 0.25) is 5.79 Å². The van der Waals surface area contributed by atoms with E-state index in [1.165, 1.54) is 16.9 Å². The van der Waals surface area contributed by atoms with E-state index in [0.29, 0.717) is 0 Å². The zero-order chi connectivity index (χ0) is 20.0. The number of nitrogens with zero attached hydrogens (tertiary/aromatic N) is 1. The fraction of sp³-hybridized carbons (Fsp3) is 0.304. The number of fused-ring (bicyclic) bond motifs is 1. The highest BCUT2D eigenvalue weighted by Crippen LogP contribution is 2.44. The summed E-state index contributed by atoms with van der Waals surface area (Å²) < 4.78 is 17.1. The van der Waals surface area contributed by atoms with Crippen molar-refractivity contribution in [2.45, 2.75) is 38.6 Å². The summed E-state index contributed by atoms with van der Waals surface area (Å²) in [7, 11) is 0. The Kier molecular flexibility index (Phi) is 4.41. The molecule has 1 atom stereocenters. The highest BCUT2D eigenvalue weighted by molar-refractivity contribution is 7.15. The maximum atomic E-state index is 12.6. The van der Waals surface area contributed by atoms with E-state index < -0.39 is 11.9 Å². The van der Waals surface area contributed by atoms with Crippen LogP contribution in [-0.2, 0) is 20.7 Å². The van der Waals surface area contributed by atoms with Gasteiger partial charge in [-0.2, -0.15) is 0 Å². The standard InChI is InChI=1S/C23H21NO4S/c1-23(2)27-19(22(25)28-23)20-18(24-21(29-20)14-7-4-3-5-8-14)16-10-11-17-15(13-16)9-6-12-26-17/h3-5,7-8,10-11,13,19H,6,9,12H2,1-2H3. The molecule has 1 unspecified atom stereocenters. The number of carbonyl (C=O) groups excluding carboxylic acids is 1. The van der Waals surface area contributed by atoms with Crippen LogP contribution in [0, 0.1) is 0 Å². The lowest BCUT2D eigenvalue weighted by Gasteiger charge is -2.18. The van der Waals surface area contributed by atoms with Gasteiger partial charge in [0, 0.05) is 25.0 Å². The number of cyclic esters (lactones) is 1. The molecule has 1 saturated heterocycles. The first-order valence-electron chi connectivity index (χ1n) is 9.73. The average molecular weight is 407 g/mol. The molecule has 0 saturated carbocycles. The second-order valence-electron chi connectivity index (χ2n) is 7.69.